The maximum absolute atomic E-state index is 11.7. The molecule has 1 aliphatic heterocycles. The molecule has 1 aromatic carbocycles. The Morgan fingerprint density at radius 2 is 2.03 bits per heavy atom. The topological polar surface area (TPSA) is 61.6 Å². The first-order valence-electron chi connectivity index (χ1n) is 11.4. The van der Waals surface area contributed by atoms with Gasteiger partial charge in [-0.3, -0.25) is 10.1 Å². The van der Waals surface area contributed by atoms with Crippen LogP contribution >= 0.6 is 0 Å². The van der Waals surface area contributed by atoms with Crippen LogP contribution in [0.25, 0.3) is 0 Å². The quantitative estimate of drug-likeness (QED) is 0.590. The van der Waals surface area contributed by atoms with Crippen molar-refractivity contribution in [2.75, 3.05) is 43.4 Å². The first-order chi connectivity index (χ1) is 14.0. The van der Waals surface area contributed by atoms with Crippen molar-refractivity contribution in [3.8, 4) is 0 Å². The maximum Gasteiger partial charge on any atom is 0.292 e. The van der Waals surface area contributed by atoms with Crippen LogP contribution in [0.5, 0.6) is 0 Å². The van der Waals surface area contributed by atoms with Gasteiger partial charge >= 0.3 is 0 Å². The number of nitrogens with one attached hydrogen (secondary N) is 1. The lowest BCUT2D eigenvalue weighted by Crippen LogP contribution is -2.47. The van der Waals surface area contributed by atoms with Gasteiger partial charge in [0.25, 0.3) is 5.69 Å². The number of piperazine rings is 1. The molecule has 5 rings (SSSR count). The second-order valence-corrected chi connectivity index (χ2v) is 10.1. The number of nitro groups is 1. The molecule has 4 fully saturated rings. The summed E-state index contributed by atoms with van der Waals surface area (Å²) in [7, 11) is 2.15. The predicted octanol–water partition coefficient (Wildman–Crippen LogP) is 4.36. The SMILES string of the molecule is C[C@H](Nc1cc(N2CCN(C)CC2)ccc1[N+](=O)[O-])[C@]12CCC[C@@H]3C[C@@H](C[C@H]31)C2. The van der Waals surface area contributed by atoms with Crippen molar-refractivity contribution in [3.05, 3.63) is 28.3 Å². The summed E-state index contributed by atoms with van der Waals surface area (Å²) in [5.74, 6) is 2.61. The van der Waals surface area contributed by atoms with E-state index < -0.39 is 0 Å². The van der Waals surface area contributed by atoms with Crippen LogP contribution in [0.2, 0.25) is 0 Å². The summed E-state index contributed by atoms with van der Waals surface area (Å²) in [6, 6.07) is 5.93. The molecule has 4 aliphatic rings. The van der Waals surface area contributed by atoms with Crippen molar-refractivity contribution < 1.29 is 4.92 Å². The highest BCUT2D eigenvalue weighted by Gasteiger charge is 2.59. The third-order valence-corrected chi connectivity index (χ3v) is 8.70. The molecule has 6 heteroatoms. The molecule has 0 unspecified atom stereocenters. The molecule has 29 heavy (non-hydrogen) atoms. The summed E-state index contributed by atoms with van der Waals surface area (Å²) < 4.78 is 0. The molecule has 2 bridgehead atoms. The molecule has 158 valence electrons. The van der Waals surface area contributed by atoms with Crippen LogP contribution in [0, 0.1) is 33.3 Å². The van der Waals surface area contributed by atoms with E-state index in [1.165, 1.54) is 38.5 Å². The smallest absolute Gasteiger partial charge is 0.292 e. The Hall–Kier alpha value is -1.82. The Kier molecular flexibility index (Phi) is 4.72. The van der Waals surface area contributed by atoms with Crippen molar-refractivity contribution in [1.82, 2.24) is 4.90 Å². The largest absolute Gasteiger partial charge is 0.376 e. The standard InChI is InChI=1S/C23H34N4O2/c1-16(23-7-3-4-18-12-17(15-23)13-20(18)23)24-21-14-19(5-6-22(21)27(28)29)26-10-8-25(2)9-11-26/h5-6,14,16-18,20,24H,3-4,7-13,15H2,1-2H3/t16-,17-,18+,20+,23+/m0/s1. The second kappa shape index (κ2) is 7.15. The first kappa shape index (κ1) is 19.2. The lowest BCUT2D eigenvalue weighted by molar-refractivity contribution is -0.384. The number of hydrogen-bond acceptors (Lipinski definition) is 5. The zero-order valence-electron chi connectivity index (χ0n) is 17.8. The molecule has 3 saturated carbocycles. The van der Waals surface area contributed by atoms with Gasteiger partial charge in [-0.15, -0.1) is 0 Å². The zero-order chi connectivity index (χ0) is 20.2. The van der Waals surface area contributed by atoms with Gasteiger partial charge < -0.3 is 15.1 Å². The van der Waals surface area contributed by atoms with Crippen LogP contribution in [0.4, 0.5) is 17.1 Å². The summed E-state index contributed by atoms with van der Waals surface area (Å²) in [5.41, 5.74) is 2.36. The molecule has 6 nitrogen and oxygen atoms in total. The molecule has 0 aromatic heterocycles. The highest BCUT2D eigenvalue weighted by molar-refractivity contribution is 5.69. The van der Waals surface area contributed by atoms with Crippen LogP contribution in [0.3, 0.4) is 0 Å². The van der Waals surface area contributed by atoms with Gasteiger partial charge in [0, 0.05) is 44.0 Å². The molecule has 1 saturated heterocycles. The van der Waals surface area contributed by atoms with Crippen LogP contribution in [0.1, 0.15) is 45.4 Å². The number of hydrogen-bond donors (Lipinski definition) is 1. The van der Waals surface area contributed by atoms with Crippen LogP contribution in [-0.4, -0.2) is 49.1 Å². The summed E-state index contributed by atoms with van der Waals surface area (Å²) in [6.07, 6.45) is 8.13. The van der Waals surface area contributed by atoms with Gasteiger partial charge in [-0.25, -0.2) is 0 Å². The second-order valence-electron chi connectivity index (χ2n) is 10.1. The Labute approximate surface area is 173 Å². The van der Waals surface area contributed by atoms with Gasteiger partial charge in [-0.1, -0.05) is 12.8 Å². The molecule has 0 radical (unpaired) electrons. The maximum atomic E-state index is 11.7. The van der Waals surface area contributed by atoms with E-state index >= 15 is 0 Å². The Bertz CT molecular complexity index is 791. The highest BCUT2D eigenvalue weighted by Crippen LogP contribution is 2.66. The minimum Gasteiger partial charge on any atom is -0.376 e. The van der Waals surface area contributed by atoms with Crippen LogP contribution in [0.15, 0.2) is 18.2 Å². The van der Waals surface area contributed by atoms with Crippen molar-refractivity contribution in [3.63, 3.8) is 0 Å². The number of rotatable bonds is 5. The number of fused-ring (bicyclic) bond motifs is 1. The first-order valence-corrected chi connectivity index (χ1v) is 11.4. The number of likely N-dealkylation sites (N-methyl/N-ethyl adjacent to an activating group) is 1. The van der Waals surface area contributed by atoms with Gasteiger partial charge in [-0.05, 0) is 75.0 Å². The lowest BCUT2D eigenvalue weighted by Gasteiger charge is -2.50. The summed E-state index contributed by atoms with van der Waals surface area (Å²) in [4.78, 5) is 16.2. The molecule has 0 spiro atoms. The molecular weight excluding hydrogens is 364 g/mol. The van der Waals surface area contributed by atoms with Crippen molar-refractivity contribution in [2.24, 2.45) is 23.2 Å². The molecule has 1 N–H and O–H groups in total. The molecule has 1 heterocycles. The minimum atomic E-state index is -0.231. The van der Waals surface area contributed by atoms with E-state index in [0.717, 1.165) is 49.6 Å². The molecular formula is C23H34N4O2. The number of anilines is 2. The summed E-state index contributed by atoms with van der Waals surface area (Å²) in [6.45, 7) is 6.29. The monoisotopic (exact) mass is 398 g/mol. The van der Waals surface area contributed by atoms with E-state index in [9.17, 15) is 10.1 Å². The van der Waals surface area contributed by atoms with Crippen molar-refractivity contribution in [1.29, 1.82) is 0 Å². The average Bonchev–Trinajstić information content (AvgIpc) is 3.28. The Morgan fingerprint density at radius 1 is 1.24 bits per heavy atom. The van der Waals surface area contributed by atoms with Gasteiger partial charge in [0.15, 0.2) is 0 Å². The number of nitrogens with zero attached hydrogens (tertiary/aromatic N) is 3. The third kappa shape index (κ3) is 3.20. The van der Waals surface area contributed by atoms with E-state index in [1.807, 2.05) is 12.1 Å². The molecule has 0 amide bonds. The molecule has 1 aromatic rings. The van der Waals surface area contributed by atoms with E-state index in [0.29, 0.717) is 11.1 Å². The predicted molar refractivity (Wildman–Crippen MR) is 116 cm³/mol. The average molecular weight is 399 g/mol. The number of nitro benzene ring substituents is 1. The van der Waals surface area contributed by atoms with E-state index in [4.69, 9.17) is 0 Å². The van der Waals surface area contributed by atoms with Gasteiger partial charge in [0.05, 0.1) is 4.92 Å². The third-order valence-electron chi connectivity index (χ3n) is 8.70. The molecule has 5 atom stereocenters. The van der Waals surface area contributed by atoms with E-state index in [1.54, 1.807) is 6.07 Å². The Balaban J connectivity index is 1.41. The zero-order valence-corrected chi connectivity index (χ0v) is 17.8. The van der Waals surface area contributed by atoms with E-state index in [2.05, 4.69) is 29.1 Å². The molecule has 3 aliphatic carbocycles. The highest BCUT2D eigenvalue weighted by atomic mass is 16.6. The van der Waals surface area contributed by atoms with Gasteiger partial charge in [-0.2, -0.15) is 0 Å². The van der Waals surface area contributed by atoms with Crippen molar-refractivity contribution >= 4 is 17.1 Å². The fraction of sp³-hybridized carbons (Fsp3) is 0.739. The van der Waals surface area contributed by atoms with Crippen LogP contribution in [-0.2, 0) is 0 Å². The fourth-order valence-electron chi connectivity index (χ4n) is 7.25. The van der Waals surface area contributed by atoms with Gasteiger partial charge in [0.1, 0.15) is 5.69 Å². The summed E-state index contributed by atoms with van der Waals surface area (Å²) >= 11 is 0. The number of benzene rings is 1. The summed E-state index contributed by atoms with van der Waals surface area (Å²) in [5, 5.41) is 15.4. The Morgan fingerprint density at radius 3 is 2.76 bits per heavy atom. The minimum absolute atomic E-state index is 0.210. The van der Waals surface area contributed by atoms with E-state index in [-0.39, 0.29) is 16.7 Å². The lowest BCUT2D eigenvalue weighted by atomic mass is 9.58. The van der Waals surface area contributed by atoms with Crippen molar-refractivity contribution in [2.45, 2.75) is 51.5 Å². The van der Waals surface area contributed by atoms with Crippen LogP contribution < -0.4 is 10.2 Å². The normalized spacial score (nSPS) is 35.0. The fourth-order valence-corrected chi connectivity index (χ4v) is 7.25. The van der Waals surface area contributed by atoms with Gasteiger partial charge in [0.2, 0.25) is 0 Å².